The Kier molecular flexibility index (Phi) is 3.61. The van der Waals surface area contributed by atoms with Crippen molar-refractivity contribution in [3.8, 4) is 0 Å². The van der Waals surface area contributed by atoms with Crippen molar-refractivity contribution in [2.24, 2.45) is 0 Å². The Hall–Kier alpha value is -1.82. The molecule has 1 aromatic heterocycles. The Labute approximate surface area is 111 Å². The zero-order chi connectivity index (χ0) is 14.0. The van der Waals surface area contributed by atoms with Gasteiger partial charge in [-0.1, -0.05) is 18.2 Å². The van der Waals surface area contributed by atoms with E-state index < -0.39 is 9.84 Å². The molecular formula is C13H16N2O3S. The van der Waals surface area contributed by atoms with Gasteiger partial charge in [0.05, 0.1) is 5.75 Å². The minimum atomic E-state index is -3.05. The molecule has 0 aliphatic carbocycles. The molecule has 0 aliphatic heterocycles. The summed E-state index contributed by atoms with van der Waals surface area (Å²) in [6, 6.07) is 8.78. The second-order valence-corrected chi connectivity index (χ2v) is 6.92. The lowest BCUT2D eigenvalue weighted by Crippen LogP contribution is -2.26. The van der Waals surface area contributed by atoms with Gasteiger partial charge in [-0.05, 0) is 24.4 Å². The molecule has 0 saturated heterocycles. The minimum Gasteiger partial charge on any atom is -0.368 e. The molecule has 1 atom stereocenters. The van der Waals surface area contributed by atoms with Crippen LogP contribution in [0.2, 0.25) is 0 Å². The third-order valence-corrected chi connectivity index (χ3v) is 3.81. The molecule has 19 heavy (non-hydrogen) atoms. The second kappa shape index (κ2) is 5.05. The van der Waals surface area contributed by atoms with Gasteiger partial charge in [0, 0.05) is 17.7 Å². The Morgan fingerprint density at radius 2 is 2.00 bits per heavy atom. The second-order valence-electron chi connectivity index (χ2n) is 4.74. The monoisotopic (exact) mass is 280 g/mol. The molecule has 102 valence electrons. The van der Waals surface area contributed by atoms with Crippen LogP contribution in [0.1, 0.15) is 6.92 Å². The highest BCUT2D eigenvalue weighted by atomic mass is 32.2. The van der Waals surface area contributed by atoms with Crippen LogP contribution in [0.5, 0.6) is 0 Å². The normalized spacial score (nSPS) is 13.4. The van der Waals surface area contributed by atoms with Crippen LogP contribution in [0.15, 0.2) is 35.1 Å². The summed E-state index contributed by atoms with van der Waals surface area (Å²) in [7, 11) is -3.05. The van der Waals surface area contributed by atoms with Crippen LogP contribution < -0.4 is 10.9 Å². The molecule has 0 bridgehead atoms. The number of pyridine rings is 1. The largest absolute Gasteiger partial charge is 0.368 e. The topological polar surface area (TPSA) is 79.0 Å². The van der Waals surface area contributed by atoms with Gasteiger partial charge in [0.25, 0.3) is 5.56 Å². The third kappa shape index (κ3) is 3.57. The number of hydrogen-bond acceptors (Lipinski definition) is 4. The third-order valence-electron chi connectivity index (χ3n) is 2.71. The van der Waals surface area contributed by atoms with Crippen molar-refractivity contribution in [3.05, 3.63) is 40.7 Å². The number of rotatable bonds is 4. The van der Waals surface area contributed by atoms with E-state index in [2.05, 4.69) is 10.3 Å². The first-order chi connectivity index (χ1) is 8.85. The Morgan fingerprint density at radius 1 is 1.32 bits per heavy atom. The summed E-state index contributed by atoms with van der Waals surface area (Å²) < 4.78 is 22.4. The number of nitrogens with one attached hydrogen (secondary N) is 2. The Bertz CT molecular complexity index is 750. The highest BCUT2D eigenvalue weighted by molar-refractivity contribution is 7.90. The smallest absolute Gasteiger partial charge is 0.257 e. The van der Waals surface area contributed by atoms with E-state index in [4.69, 9.17) is 0 Å². The molecule has 0 fully saturated rings. The number of sulfone groups is 1. The van der Waals surface area contributed by atoms with Crippen molar-refractivity contribution in [2.75, 3.05) is 17.3 Å². The van der Waals surface area contributed by atoms with Gasteiger partial charge in [0.15, 0.2) is 0 Å². The quantitative estimate of drug-likeness (QED) is 0.886. The number of aromatic nitrogens is 1. The molecule has 2 aromatic rings. The highest BCUT2D eigenvalue weighted by Crippen LogP contribution is 2.13. The van der Waals surface area contributed by atoms with Gasteiger partial charge in [0.2, 0.25) is 0 Å². The molecule has 0 spiro atoms. The lowest BCUT2D eigenvalue weighted by Gasteiger charge is -2.14. The van der Waals surface area contributed by atoms with Gasteiger partial charge in [-0.3, -0.25) is 4.79 Å². The van der Waals surface area contributed by atoms with Gasteiger partial charge in [-0.2, -0.15) is 0 Å². The number of benzene rings is 1. The summed E-state index contributed by atoms with van der Waals surface area (Å²) in [4.78, 5) is 14.6. The number of anilines is 1. The van der Waals surface area contributed by atoms with Crippen LogP contribution in [-0.4, -0.2) is 31.5 Å². The molecular weight excluding hydrogens is 264 g/mol. The van der Waals surface area contributed by atoms with Crippen LogP contribution in [0.3, 0.4) is 0 Å². The predicted molar refractivity (Wildman–Crippen MR) is 77.4 cm³/mol. The van der Waals surface area contributed by atoms with Crippen LogP contribution in [0, 0.1) is 0 Å². The van der Waals surface area contributed by atoms with Crippen LogP contribution >= 0.6 is 0 Å². The first-order valence-corrected chi connectivity index (χ1v) is 7.97. The molecule has 0 aliphatic rings. The van der Waals surface area contributed by atoms with Gasteiger partial charge in [-0.15, -0.1) is 0 Å². The average Bonchev–Trinajstić information content (AvgIpc) is 2.26. The number of hydrogen-bond donors (Lipinski definition) is 2. The molecule has 2 N–H and O–H groups in total. The van der Waals surface area contributed by atoms with Crippen molar-refractivity contribution in [1.29, 1.82) is 0 Å². The lowest BCUT2D eigenvalue weighted by molar-refractivity contribution is 0.598. The minimum absolute atomic E-state index is 0.0157. The van der Waals surface area contributed by atoms with E-state index in [1.807, 2.05) is 12.1 Å². The number of aromatic amines is 1. The molecule has 1 aromatic carbocycles. The maximum Gasteiger partial charge on any atom is 0.257 e. The van der Waals surface area contributed by atoms with Crippen LogP contribution in [0.4, 0.5) is 5.82 Å². The van der Waals surface area contributed by atoms with Crippen LogP contribution in [0.25, 0.3) is 10.8 Å². The van der Waals surface area contributed by atoms with Crippen molar-refractivity contribution >= 4 is 26.4 Å². The predicted octanol–water partition coefficient (Wildman–Crippen LogP) is 1.37. The SMILES string of the molecule is CC(CS(C)(=O)=O)Nc1cc2ccccc2c(=O)[nH]1. The van der Waals surface area contributed by atoms with E-state index in [0.29, 0.717) is 11.2 Å². The summed E-state index contributed by atoms with van der Waals surface area (Å²) in [5, 5.41) is 4.43. The lowest BCUT2D eigenvalue weighted by atomic mass is 10.2. The van der Waals surface area contributed by atoms with E-state index >= 15 is 0 Å². The van der Waals surface area contributed by atoms with E-state index in [9.17, 15) is 13.2 Å². The maximum atomic E-state index is 11.9. The molecule has 0 radical (unpaired) electrons. The van der Waals surface area contributed by atoms with Crippen molar-refractivity contribution in [3.63, 3.8) is 0 Å². The summed E-state index contributed by atoms with van der Waals surface area (Å²) in [5.74, 6) is 0.543. The van der Waals surface area contributed by atoms with Gasteiger partial charge < -0.3 is 10.3 Å². The molecule has 0 saturated carbocycles. The fraction of sp³-hybridized carbons (Fsp3) is 0.308. The van der Waals surface area contributed by atoms with Crippen molar-refractivity contribution < 1.29 is 8.42 Å². The molecule has 0 amide bonds. The average molecular weight is 280 g/mol. The molecule has 1 unspecified atom stereocenters. The fourth-order valence-corrected chi connectivity index (χ4v) is 3.04. The Balaban J connectivity index is 2.29. The molecule has 1 heterocycles. The number of H-pyrrole nitrogens is 1. The summed E-state index contributed by atoms with van der Waals surface area (Å²) >= 11 is 0. The van der Waals surface area contributed by atoms with Crippen molar-refractivity contribution in [1.82, 2.24) is 4.98 Å². The molecule has 6 heteroatoms. The van der Waals surface area contributed by atoms with Gasteiger partial charge in [-0.25, -0.2) is 8.42 Å². The first-order valence-electron chi connectivity index (χ1n) is 5.91. The molecule has 5 nitrogen and oxygen atoms in total. The standard InChI is InChI=1S/C13H16N2O3S/c1-9(8-19(2,17)18)14-12-7-10-5-3-4-6-11(10)13(16)15-12/h3-7,9H,8H2,1-2H3,(H2,14,15,16). The van der Waals surface area contributed by atoms with E-state index in [0.717, 1.165) is 5.39 Å². The summed E-state index contributed by atoms with van der Waals surface area (Å²) in [6.07, 6.45) is 1.19. The summed E-state index contributed by atoms with van der Waals surface area (Å²) in [6.45, 7) is 1.76. The Morgan fingerprint density at radius 3 is 2.68 bits per heavy atom. The summed E-state index contributed by atoms with van der Waals surface area (Å²) in [5.41, 5.74) is -0.188. The molecule has 2 rings (SSSR count). The van der Waals surface area contributed by atoms with E-state index in [-0.39, 0.29) is 17.4 Å². The highest BCUT2D eigenvalue weighted by Gasteiger charge is 2.11. The number of fused-ring (bicyclic) bond motifs is 1. The van der Waals surface area contributed by atoms with Crippen LogP contribution in [-0.2, 0) is 9.84 Å². The van der Waals surface area contributed by atoms with Gasteiger partial charge >= 0.3 is 0 Å². The fourth-order valence-electron chi connectivity index (χ4n) is 2.05. The maximum absolute atomic E-state index is 11.9. The van der Waals surface area contributed by atoms with Gasteiger partial charge in [0.1, 0.15) is 15.7 Å². The van der Waals surface area contributed by atoms with E-state index in [1.54, 1.807) is 25.1 Å². The zero-order valence-corrected chi connectivity index (χ0v) is 11.6. The van der Waals surface area contributed by atoms with E-state index in [1.165, 1.54) is 6.26 Å². The first kappa shape index (κ1) is 13.6. The zero-order valence-electron chi connectivity index (χ0n) is 10.8. The van der Waals surface area contributed by atoms with Crippen molar-refractivity contribution in [2.45, 2.75) is 13.0 Å².